The fraction of sp³-hybridized carbons (Fsp3) is 0.148. The molecule has 0 saturated heterocycles. The molecule has 0 aliphatic carbocycles. The maximum Gasteiger partial charge on any atom is 0.277 e. The van der Waals surface area contributed by atoms with Crippen molar-refractivity contribution in [1.29, 1.82) is 0 Å². The number of amides is 1. The zero-order valence-electron chi connectivity index (χ0n) is 19.2. The molecular formula is C27H25ClN4O3. The Morgan fingerprint density at radius 3 is 2.40 bits per heavy atom. The van der Waals surface area contributed by atoms with Crippen LogP contribution in [0.3, 0.4) is 0 Å². The van der Waals surface area contributed by atoms with Crippen LogP contribution in [-0.4, -0.2) is 35.1 Å². The molecule has 3 aromatic carbocycles. The van der Waals surface area contributed by atoms with E-state index in [1.54, 1.807) is 35.2 Å². The van der Waals surface area contributed by atoms with Gasteiger partial charge in [-0.25, -0.2) is 10.1 Å². The van der Waals surface area contributed by atoms with Gasteiger partial charge in [-0.05, 0) is 67.1 Å². The fourth-order valence-electron chi connectivity index (χ4n) is 3.23. The van der Waals surface area contributed by atoms with Gasteiger partial charge in [0.25, 0.3) is 5.91 Å². The molecule has 1 heterocycles. The molecule has 0 aliphatic heterocycles. The summed E-state index contributed by atoms with van der Waals surface area (Å²) in [6.07, 6.45) is 4.38. The number of carbonyl (C=O) groups is 1. The SMILES string of the molecule is CCCOc1ccc(-c2nn(-c3ccccc3)cc2/C=N\NC(=O)COc2ccc(Cl)cc2)cc1. The van der Waals surface area contributed by atoms with E-state index in [-0.39, 0.29) is 12.5 Å². The summed E-state index contributed by atoms with van der Waals surface area (Å²) in [5, 5.41) is 9.47. The standard InChI is InChI=1S/C27H25ClN4O3/c1-2-16-34-24-12-8-20(9-13-24)27-21(18-32(31-27)23-6-4-3-5-7-23)17-29-30-26(33)19-35-25-14-10-22(28)11-15-25/h3-15,17-18H,2,16,19H2,1H3,(H,30,33)/b29-17-. The van der Waals surface area contributed by atoms with Crippen molar-refractivity contribution >= 4 is 23.7 Å². The summed E-state index contributed by atoms with van der Waals surface area (Å²) in [4.78, 5) is 12.2. The van der Waals surface area contributed by atoms with E-state index in [2.05, 4.69) is 17.5 Å². The molecule has 35 heavy (non-hydrogen) atoms. The van der Waals surface area contributed by atoms with Crippen molar-refractivity contribution in [3.63, 3.8) is 0 Å². The Labute approximate surface area is 209 Å². The summed E-state index contributed by atoms with van der Waals surface area (Å²) in [6, 6.07) is 24.3. The van der Waals surface area contributed by atoms with Gasteiger partial charge >= 0.3 is 0 Å². The Morgan fingerprint density at radius 1 is 1.00 bits per heavy atom. The number of hydrogen-bond donors (Lipinski definition) is 1. The van der Waals surface area contributed by atoms with Crippen LogP contribution in [0.25, 0.3) is 16.9 Å². The molecule has 1 N–H and O–H groups in total. The molecule has 0 saturated carbocycles. The van der Waals surface area contributed by atoms with Crippen LogP contribution < -0.4 is 14.9 Å². The highest BCUT2D eigenvalue weighted by atomic mass is 35.5. The highest BCUT2D eigenvalue weighted by molar-refractivity contribution is 6.30. The maximum atomic E-state index is 12.2. The van der Waals surface area contributed by atoms with Gasteiger partial charge in [-0.15, -0.1) is 0 Å². The van der Waals surface area contributed by atoms with Crippen molar-refractivity contribution in [2.75, 3.05) is 13.2 Å². The predicted octanol–water partition coefficient (Wildman–Crippen LogP) is 5.51. The number of ether oxygens (including phenoxy) is 2. The van der Waals surface area contributed by atoms with Gasteiger partial charge < -0.3 is 9.47 Å². The fourth-order valence-corrected chi connectivity index (χ4v) is 3.36. The van der Waals surface area contributed by atoms with Gasteiger partial charge in [0.2, 0.25) is 0 Å². The first-order valence-electron chi connectivity index (χ1n) is 11.2. The van der Waals surface area contributed by atoms with Gasteiger partial charge in [0.05, 0.1) is 18.5 Å². The number of rotatable bonds is 10. The van der Waals surface area contributed by atoms with Crippen LogP contribution >= 0.6 is 11.6 Å². The minimum Gasteiger partial charge on any atom is -0.494 e. The van der Waals surface area contributed by atoms with Crippen LogP contribution in [0, 0.1) is 0 Å². The summed E-state index contributed by atoms with van der Waals surface area (Å²) in [7, 11) is 0. The number of halogens is 1. The number of nitrogens with one attached hydrogen (secondary N) is 1. The smallest absolute Gasteiger partial charge is 0.277 e. The number of carbonyl (C=O) groups excluding carboxylic acids is 1. The summed E-state index contributed by atoms with van der Waals surface area (Å²) in [6.45, 7) is 2.56. The Morgan fingerprint density at radius 2 is 1.69 bits per heavy atom. The van der Waals surface area contributed by atoms with E-state index in [1.165, 1.54) is 0 Å². The van der Waals surface area contributed by atoms with Gasteiger partial charge in [0.15, 0.2) is 6.61 Å². The van der Waals surface area contributed by atoms with Crippen molar-refractivity contribution < 1.29 is 14.3 Å². The molecule has 0 atom stereocenters. The van der Waals surface area contributed by atoms with Gasteiger partial charge in [-0.3, -0.25) is 4.79 Å². The quantitative estimate of drug-likeness (QED) is 0.236. The molecule has 1 aromatic heterocycles. The van der Waals surface area contributed by atoms with Crippen molar-refractivity contribution in [3.8, 4) is 28.4 Å². The normalized spacial score (nSPS) is 10.9. The van der Waals surface area contributed by atoms with E-state index in [4.69, 9.17) is 26.2 Å². The first-order chi connectivity index (χ1) is 17.1. The molecule has 0 radical (unpaired) electrons. The molecule has 7 nitrogen and oxygen atoms in total. The second kappa shape index (κ2) is 11.9. The van der Waals surface area contributed by atoms with E-state index in [9.17, 15) is 4.79 Å². The highest BCUT2D eigenvalue weighted by Gasteiger charge is 2.12. The summed E-state index contributed by atoms with van der Waals surface area (Å²) < 4.78 is 12.9. The average molecular weight is 489 g/mol. The molecule has 0 aliphatic rings. The first-order valence-corrected chi connectivity index (χ1v) is 11.6. The number of benzene rings is 3. The van der Waals surface area contributed by atoms with Gasteiger partial charge in [0, 0.05) is 22.3 Å². The minimum atomic E-state index is -0.384. The summed E-state index contributed by atoms with van der Waals surface area (Å²) in [5.41, 5.74) is 5.79. The van der Waals surface area contributed by atoms with E-state index < -0.39 is 0 Å². The lowest BCUT2D eigenvalue weighted by Gasteiger charge is -2.06. The zero-order valence-corrected chi connectivity index (χ0v) is 20.0. The third kappa shape index (κ3) is 6.71. The molecule has 0 unspecified atom stereocenters. The molecule has 0 spiro atoms. The Bertz CT molecular complexity index is 1270. The van der Waals surface area contributed by atoms with Crippen molar-refractivity contribution in [2.24, 2.45) is 5.10 Å². The van der Waals surface area contributed by atoms with Crippen molar-refractivity contribution in [1.82, 2.24) is 15.2 Å². The Kier molecular flexibility index (Phi) is 8.14. The summed E-state index contributed by atoms with van der Waals surface area (Å²) in [5.74, 6) is 0.971. The number of nitrogens with zero attached hydrogens (tertiary/aromatic N) is 3. The number of aromatic nitrogens is 2. The molecule has 178 valence electrons. The second-order valence-corrected chi connectivity index (χ2v) is 8.06. The lowest BCUT2D eigenvalue weighted by atomic mass is 10.1. The molecule has 0 fully saturated rings. The molecular weight excluding hydrogens is 464 g/mol. The number of para-hydroxylation sites is 1. The largest absolute Gasteiger partial charge is 0.494 e. The van der Waals surface area contributed by atoms with Crippen LogP contribution in [0.5, 0.6) is 11.5 Å². The summed E-state index contributed by atoms with van der Waals surface area (Å²) >= 11 is 5.86. The lowest BCUT2D eigenvalue weighted by Crippen LogP contribution is -2.24. The first kappa shape index (κ1) is 24.0. The van der Waals surface area contributed by atoms with Crippen LogP contribution in [0.2, 0.25) is 5.02 Å². The van der Waals surface area contributed by atoms with E-state index in [0.29, 0.717) is 17.4 Å². The van der Waals surface area contributed by atoms with Crippen LogP contribution in [-0.2, 0) is 4.79 Å². The Hall–Kier alpha value is -4.10. The van der Waals surface area contributed by atoms with Crippen LogP contribution in [0.4, 0.5) is 0 Å². The Balaban J connectivity index is 1.49. The lowest BCUT2D eigenvalue weighted by molar-refractivity contribution is -0.123. The third-order valence-corrected chi connectivity index (χ3v) is 5.19. The topological polar surface area (TPSA) is 77.7 Å². The zero-order chi connectivity index (χ0) is 24.5. The molecule has 4 rings (SSSR count). The predicted molar refractivity (Wildman–Crippen MR) is 137 cm³/mol. The van der Waals surface area contributed by atoms with Crippen LogP contribution in [0.15, 0.2) is 90.2 Å². The van der Waals surface area contributed by atoms with E-state index in [0.717, 1.165) is 34.7 Å². The highest BCUT2D eigenvalue weighted by Crippen LogP contribution is 2.25. The van der Waals surface area contributed by atoms with E-state index in [1.807, 2.05) is 60.8 Å². The molecule has 8 heteroatoms. The minimum absolute atomic E-state index is 0.172. The van der Waals surface area contributed by atoms with Crippen molar-refractivity contribution in [2.45, 2.75) is 13.3 Å². The number of hydrogen-bond acceptors (Lipinski definition) is 5. The average Bonchev–Trinajstić information content (AvgIpc) is 3.32. The maximum absolute atomic E-state index is 12.2. The van der Waals surface area contributed by atoms with Gasteiger partial charge in [-0.1, -0.05) is 36.7 Å². The van der Waals surface area contributed by atoms with E-state index >= 15 is 0 Å². The van der Waals surface area contributed by atoms with Gasteiger partial charge in [-0.2, -0.15) is 10.2 Å². The monoisotopic (exact) mass is 488 g/mol. The third-order valence-electron chi connectivity index (χ3n) is 4.94. The molecule has 0 bridgehead atoms. The van der Waals surface area contributed by atoms with Gasteiger partial charge in [0.1, 0.15) is 17.2 Å². The van der Waals surface area contributed by atoms with Crippen LogP contribution in [0.1, 0.15) is 18.9 Å². The molecule has 1 amide bonds. The van der Waals surface area contributed by atoms with Crippen molar-refractivity contribution in [3.05, 3.63) is 95.6 Å². The molecule has 4 aromatic rings. The number of hydrazone groups is 1. The second-order valence-electron chi connectivity index (χ2n) is 7.62.